The number of rotatable bonds is 8. The second kappa shape index (κ2) is 15.8. The highest BCUT2D eigenvalue weighted by Crippen LogP contribution is 2.52. The summed E-state index contributed by atoms with van der Waals surface area (Å²) in [5, 5.41) is 0. The molecular weight excluding hydrogens is 478 g/mol. The molecule has 1 aromatic carbocycles. The Hall–Kier alpha value is -2.47. The fraction of sp³-hybridized carbons (Fsp3) is 0.656. The first kappa shape index (κ1) is 31.7. The van der Waals surface area contributed by atoms with Gasteiger partial charge in [0.2, 0.25) is 0 Å². The molecule has 2 aliphatic heterocycles. The van der Waals surface area contributed by atoms with Crippen LogP contribution >= 0.6 is 0 Å². The SMILES string of the molecule is C=C1CC2COC(=O)C2(Cc2ccc(C)cc2)C1.CCCC.CCOC(=O)CC1CCN(CC(C)=O)CC1. The van der Waals surface area contributed by atoms with E-state index < -0.39 is 0 Å². The Labute approximate surface area is 230 Å². The maximum atomic E-state index is 12.1. The first-order valence-corrected chi connectivity index (χ1v) is 14.4. The van der Waals surface area contributed by atoms with Crippen LogP contribution in [0, 0.1) is 24.2 Å². The molecule has 0 N–H and O–H groups in total. The summed E-state index contributed by atoms with van der Waals surface area (Å²) in [7, 11) is 0. The number of ether oxygens (including phenoxy) is 2. The molecule has 0 amide bonds. The highest BCUT2D eigenvalue weighted by Gasteiger charge is 2.55. The molecule has 1 aromatic rings. The van der Waals surface area contributed by atoms with Gasteiger partial charge in [0.15, 0.2) is 0 Å². The van der Waals surface area contributed by atoms with Crippen molar-refractivity contribution < 1.29 is 23.9 Å². The molecule has 0 spiro atoms. The van der Waals surface area contributed by atoms with Crippen LogP contribution in [-0.4, -0.2) is 55.5 Å². The molecule has 6 nitrogen and oxygen atoms in total. The van der Waals surface area contributed by atoms with Gasteiger partial charge in [-0.25, -0.2) is 0 Å². The van der Waals surface area contributed by atoms with Crippen LogP contribution in [0.2, 0.25) is 0 Å². The van der Waals surface area contributed by atoms with Crippen LogP contribution in [0.4, 0.5) is 0 Å². The monoisotopic (exact) mass is 527 g/mol. The van der Waals surface area contributed by atoms with E-state index in [-0.39, 0.29) is 23.1 Å². The molecule has 0 aromatic heterocycles. The van der Waals surface area contributed by atoms with E-state index in [1.807, 2.05) is 6.92 Å². The van der Waals surface area contributed by atoms with Crippen LogP contribution in [0.1, 0.15) is 83.8 Å². The van der Waals surface area contributed by atoms with Gasteiger partial charge in [0, 0.05) is 12.3 Å². The maximum absolute atomic E-state index is 12.1. The normalized spacial score (nSPS) is 22.9. The Balaban J connectivity index is 0.000000236. The highest BCUT2D eigenvalue weighted by atomic mass is 16.5. The Kier molecular flexibility index (Phi) is 13.2. The number of carbonyl (C=O) groups excluding carboxylic acids is 3. The highest BCUT2D eigenvalue weighted by molar-refractivity contribution is 5.81. The Morgan fingerprint density at radius 2 is 1.74 bits per heavy atom. The van der Waals surface area contributed by atoms with E-state index in [9.17, 15) is 14.4 Å². The number of nitrogens with zero attached hydrogens (tertiary/aromatic N) is 1. The van der Waals surface area contributed by atoms with Crippen molar-refractivity contribution in [3.63, 3.8) is 0 Å². The number of unbranched alkanes of at least 4 members (excludes halogenated alkanes) is 1. The number of likely N-dealkylation sites (tertiary alicyclic amines) is 1. The van der Waals surface area contributed by atoms with Gasteiger partial charge in [-0.15, -0.1) is 0 Å². The van der Waals surface area contributed by atoms with E-state index in [0.717, 1.165) is 45.2 Å². The van der Waals surface area contributed by atoms with E-state index in [4.69, 9.17) is 9.47 Å². The van der Waals surface area contributed by atoms with Crippen molar-refractivity contribution in [2.45, 2.75) is 86.0 Å². The number of hydrogen-bond donors (Lipinski definition) is 0. The quantitative estimate of drug-likeness (QED) is 0.301. The third-order valence-electron chi connectivity index (χ3n) is 7.76. The molecule has 3 fully saturated rings. The van der Waals surface area contributed by atoms with Crippen molar-refractivity contribution in [2.24, 2.45) is 17.3 Å². The van der Waals surface area contributed by atoms with Crippen LogP contribution in [0.3, 0.4) is 0 Å². The Morgan fingerprint density at radius 1 is 1.11 bits per heavy atom. The number of piperidine rings is 1. The van der Waals surface area contributed by atoms with E-state index >= 15 is 0 Å². The average Bonchev–Trinajstić information content (AvgIpc) is 3.35. The number of ketones is 1. The molecule has 1 aliphatic carbocycles. The summed E-state index contributed by atoms with van der Waals surface area (Å²) in [6.45, 7) is 17.4. The van der Waals surface area contributed by atoms with Crippen molar-refractivity contribution in [1.82, 2.24) is 4.90 Å². The third-order valence-corrected chi connectivity index (χ3v) is 7.76. The van der Waals surface area contributed by atoms with Gasteiger partial charge in [-0.2, -0.15) is 0 Å². The number of aryl methyl sites for hydroxylation is 1. The summed E-state index contributed by atoms with van der Waals surface area (Å²) in [5.74, 6) is 0.865. The smallest absolute Gasteiger partial charge is 0.313 e. The lowest BCUT2D eigenvalue weighted by molar-refractivity contribution is -0.146. The maximum Gasteiger partial charge on any atom is 0.313 e. The fourth-order valence-corrected chi connectivity index (χ4v) is 5.45. The zero-order valence-electron chi connectivity index (χ0n) is 24.4. The molecule has 6 heteroatoms. The van der Waals surface area contributed by atoms with Crippen molar-refractivity contribution >= 4 is 17.7 Å². The zero-order valence-corrected chi connectivity index (χ0v) is 24.4. The molecule has 2 heterocycles. The number of cyclic esters (lactones) is 1. The van der Waals surface area contributed by atoms with Gasteiger partial charge < -0.3 is 9.47 Å². The molecule has 4 rings (SSSR count). The van der Waals surface area contributed by atoms with Gasteiger partial charge in [0.1, 0.15) is 5.78 Å². The Morgan fingerprint density at radius 3 is 2.29 bits per heavy atom. The number of fused-ring (bicyclic) bond motifs is 1. The molecular formula is C32H49NO5. The van der Waals surface area contributed by atoms with Crippen LogP contribution in [-0.2, 0) is 30.3 Å². The largest absolute Gasteiger partial charge is 0.466 e. The second-order valence-electron chi connectivity index (χ2n) is 11.2. The number of Topliss-reactive ketones (excluding diaryl/α,β-unsaturated/α-hetero) is 1. The predicted octanol–water partition coefficient (Wildman–Crippen LogP) is 6.09. The Bertz CT molecular complexity index is 914. The van der Waals surface area contributed by atoms with Crippen LogP contribution < -0.4 is 0 Å². The summed E-state index contributed by atoms with van der Waals surface area (Å²) in [6.07, 6.45) is 7.68. The minimum Gasteiger partial charge on any atom is -0.466 e. The van der Waals surface area contributed by atoms with Gasteiger partial charge in [-0.05, 0) is 77.4 Å². The third kappa shape index (κ3) is 9.68. The minimum absolute atomic E-state index is 0.0216. The summed E-state index contributed by atoms with van der Waals surface area (Å²) in [6, 6.07) is 8.44. The average molecular weight is 528 g/mol. The summed E-state index contributed by atoms with van der Waals surface area (Å²) < 4.78 is 10.2. The second-order valence-corrected chi connectivity index (χ2v) is 11.2. The van der Waals surface area contributed by atoms with Gasteiger partial charge in [0.05, 0.1) is 25.2 Å². The number of carbonyl (C=O) groups is 3. The van der Waals surface area contributed by atoms with Gasteiger partial charge in [-0.1, -0.05) is 68.7 Å². The van der Waals surface area contributed by atoms with Gasteiger partial charge in [-0.3, -0.25) is 19.3 Å². The first-order chi connectivity index (χ1) is 18.1. The molecule has 2 atom stereocenters. The molecule has 3 aliphatic rings. The molecule has 38 heavy (non-hydrogen) atoms. The van der Waals surface area contributed by atoms with Crippen LogP contribution in [0.15, 0.2) is 36.4 Å². The van der Waals surface area contributed by atoms with Crippen molar-refractivity contribution in [1.29, 1.82) is 0 Å². The van der Waals surface area contributed by atoms with Crippen LogP contribution in [0.5, 0.6) is 0 Å². The fourth-order valence-electron chi connectivity index (χ4n) is 5.45. The van der Waals surface area contributed by atoms with E-state index in [1.54, 1.807) is 6.92 Å². The number of hydrogen-bond acceptors (Lipinski definition) is 6. The summed E-state index contributed by atoms with van der Waals surface area (Å²) in [5.41, 5.74) is 3.34. The topological polar surface area (TPSA) is 72.9 Å². The first-order valence-electron chi connectivity index (χ1n) is 14.4. The van der Waals surface area contributed by atoms with E-state index in [0.29, 0.717) is 38.0 Å². The molecule has 2 saturated heterocycles. The van der Waals surface area contributed by atoms with Gasteiger partial charge >= 0.3 is 11.9 Å². The lowest BCUT2D eigenvalue weighted by Gasteiger charge is -2.30. The molecule has 2 unspecified atom stereocenters. The number of benzene rings is 1. The predicted molar refractivity (Wildman–Crippen MR) is 152 cm³/mol. The lowest BCUT2D eigenvalue weighted by Crippen LogP contribution is -2.37. The summed E-state index contributed by atoms with van der Waals surface area (Å²) >= 11 is 0. The van der Waals surface area contributed by atoms with Gasteiger partial charge in [0.25, 0.3) is 0 Å². The van der Waals surface area contributed by atoms with E-state index in [1.165, 1.54) is 29.5 Å². The number of allylic oxidation sites excluding steroid dienone is 1. The zero-order chi connectivity index (χ0) is 28.1. The van der Waals surface area contributed by atoms with Crippen molar-refractivity contribution in [3.8, 4) is 0 Å². The summed E-state index contributed by atoms with van der Waals surface area (Å²) in [4.78, 5) is 36.5. The molecule has 0 radical (unpaired) electrons. The van der Waals surface area contributed by atoms with Crippen molar-refractivity contribution in [3.05, 3.63) is 47.5 Å². The number of esters is 2. The lowest BCUT2D eigenvalue weighted by atomic mass is 9.75. The van der Waals surface area contributed by atoms with Crippen molar-refractivity contribution in [2.75, 3.05) is 32.8 Å². The molecule has 0 bridgehead atoms. The van der Waals surface area contributed by atoms with Crippen LogP contribution in [0.25, 0.3) is 0 Å². The molecule has 212 valence electrons. The van der Waals surface area contributed by atoms with E-state index in [2.05, 4.69) is 56.5 Å². The standard InChI is InChI=1S/C16H18O2.C12H21NO3.C4H10/c1-11-3-5-13(6-4-11)9-16-8-12(2)7-14(16)10-18-15(16)17;1-3-16-12(15)8-11-4-6-13(7-5-11)9-10(2)14;1-3-4-2/h3-6,14H,2,7-10H2,1H3;11H,3-9H2,1-2H3;3-4H2,1-2H3. The molecule has 1 saturated carbocycles. The minimum atomic E-state index is -0.327.